The summed E-state index contributed by atoms with van der Waals surface area (Å²) in [5, 5.41) is 3.27. The minimum Gasteiger partial charge on any atom is -0.351 e. The molecule has 0 radical (unpaired) electrons. The zero-order chi connectivity index (χ0) is 18.4. The van der Waals surface area contributed by atoms with E-state index in [4.69, 9.17) is 0 Å². The number of nitrogens with one attached hydrogen (secondary N) is 1. The van der Waals surface area contributed by atoms with Crippen molar-refractivity contribution >= 4 is 24.1 Å². The molecule has 2 atom stereocenters. The molecule has 1 aliphatic rings. The summed E-state index contributed by atoms with van der Waals surface area (Å²) in [7, 11) is 0. The Morgan fingerprint density at radius 2 is 2.16 bits per heavy atom. The summed E-state index contributed by atoms with van der Waals surface area (Å²) in [6.07, 6.45) is 5.80. The van der Waals surface area contributed by atoms with Gasteiger partial charge in [0, 0.05) is 30.7 Å². The Morgan fingerprint density at radius 3 is 2.72 bits per heavy atom. The molecule has 0 bridgehead atoms. The van der Waals surface area contributed by atoms with Crippen LogP contribution in [0.2, 0.25) is 0 Å². The molecular weight excluding hydrogens is 312 g/mol. The van der Waals surface area contributed by atoms with Gasteiger partial charge in [0.25, 0.3) is 0 Å². The molecule has 1 fully saturated rings. The summed E-state index contributed by atoms with van der Waals surface area (Å²) in [5.74, 6) is 1.80. The topological polar surface area (TPSA) is 57.6 Å². The molecule has 138 valence electrons. The SMILES string of the molecule is C=Nc1cccnc1N(CC(CC(C)C)NC(=O)C1CC1)C(C)CC. The van der Waals surface area contributed by atoms with Gasteiger partial charge in [0.2, 0.25) is 5.91 Å². The van der Waals surface area contributed by atoms with Crippen molar-refractivity contribution in [3.63, 3.8) is 0 Å². The molecule has 5 heteroatoms. The first-order valence-corrected chi connectivity index (χ1v) is 9.45. The van der Waals surface area contributed by atoms with Gasteiger partial charge in [-0.05, 0) is 57.4 Å². The van der Waals surface area contributed by atoms with Crippen molar-refractivity contribution in [3.05, 3.63) is 18.3 Å². The molecule has 2 rings (SSSR count). The molecule has 1 N–H and O–H groups in total. The summed E-state index contributed by atoms with van der Waals surface area (Å²) in [4.78, 5) is 23.3. The number of nitrogens with zero attached hydrogens (tertiary/aromatic N) is 3. The van der Waals surface area contributed by atoms with Crippen molar-refractivity contribution in [2.24, 2.45) is 16.8 Å². The lowest BCUT2D eigenvalue weighted by Gasteiger charge is -2.34. The van der Waals surface area contributed by atoms with Crippen molar-refractivity contribution in [1.29, 1.82) is 0 Å². The van der Waals surface area contributed by atoms with Crippen LogP contribution in [0.15, 0.2) is 23.3 Å². The highest BCUT2D eigenvalue weighted by Crippen LogP contribution is 2.30. The van der Waals surface area contributed by atoms with Gasteiger partial charge in [0.05, 0.1) is 0 Å². The van der Waals surface area contributed by atoms with Crippen LogP contribution in [0.1, 0.15) is 53.4 Å². The molecule has 1 saturated carbocycles. The third-order valence-electron chi connectivity index (χ3n) is 4.80. The van der Waals surface area contributed by atoms with Crippen LogP contribution in [0.3, 0.4) is 0 Å². The van der Waals surface area contributed by atoms with Gasteiger partial charge in [-0.3, -0.25) is 9.79 Å². The average Bonchev–Trinajstić information content (AvgIpc) is 3.43. The lowest BCUT2D eigenvalue weighted by atomic mass is 10.0. The zero-order valence-corrected chi connectivity index (χ0v) is 16.0. The van der Waals surface area contributed by atoms with Crippen LogP contribution < -0.4 is 10.2 Å². The van der Waals surface area contributed by atoms with E-state index in [1.54, 1.807) is 6.20 Å². The maximum absolute atomic E-state index is 12.3. The van der Waals surface area contributed by atoms with Gasteiger partial charge in [0.1, 0.15) is 5.69 Å². The minimum atomic E-state index is 0.113. The summed E-state index contributed by atoms with van der Waals surface area (Å²) in [6.45, 7) is 13.2. The number of aliphatic imine (C=N–C) groups is 1. The van der Waals surface area contributed by atoms with Crippen molar-refractivity contribution < 1.29 is 4.79 Å². The number of hydrogen-bond acceptors (Lipinski definition) is 4. The first-order chi connectivity index (χ1) is 12.0. The molecular formula is C20H32N4O. The Balaban J connectivity index is 2.21. The minimum absolute atomic E-state index is 0.113. The van der Waals surface area contributed by atoms with Gasteiger partial charge in [-0.15, -0.1) is 0 Å². The Bertz CT molecular complexity index is 583. The van der Waals surface area contributed by atoms with Gasteiger partial charge in [0.15, 0.2) is 5.82 Å². The molecule has 1 heterocycles. The van der Waals surface area contributed by atoms with Crippen LogP contribution in [0.5, 0.6) is 0 Å². The van der Waals surface area contributed by atoms with E-state index in [2.05, 4.69) is 54.6 Å². The number of pyridine rings is 1. The quantitative estimate of drug-likeness (QED) is 0.654. The highest BCUT2D eigenvalue weighted by atomic mass is 16.2. The number of carbonyl (C=O) groups is 1. The van der Waals surface area contributed by atoms with Crippen LogP contribution >= 0.6 is 0 Å². The fourth-order valence-corrected chi connectivity index (χ4v) is 3.08. The maximum Gasteiger partial charge on any atom is 0.223 e. The van der Waals surface area contributed by atoms with Crippen LogP contribution in [0, 0.1) is 11.8 Å². The van der Waals surface area contributed by atoms with Gasteiger partial charge in [-0.2, -0.15) is 0 Å². The van der Waals surface area contributed by atoms with Crippen molar-refractivity contribution in [2.75, 3.05) is 11.4 Å². The van der Waals surface area contributed by atoms with E-state index in [9.17, 15) is 4.79 Å². The summed E-state index contributed by atoms with van der Waals surface area (Å²) >= 11 is 0. The van der Waals surface area contributed by atoms with Gasteiger partial charge >= 0.3 is 0 Å². The first-order valence-electron chi connectivity index (χ1n) is 9.45. The highest BCUT2D eigenvalue weighted by Gasteiger charge is 2.32. The molecule has 1 aromatic rings. The molecule has 5 nitrogen and oxygen atoms in total. The van der Waals surface area contributed by atoms with E-state index in [1.807, 2.05) is 12.1 Å². The Labute approximate surface area is 151 Å². The largest absolute Gasteiger partial charge is 0.351 e. The first kappa shape index (κ1) is 19.4. The predicted molar refractivity (Wildman–Crippen MR) is 105 cm³/mol. The smallest absolute Gasteiger partial charge is 0.223 e. The van der Waals surface area contributed by atoms with Crippen molar-refractivity contribution in [2.45, 2.75) is 65.5 Å². The normalized spacial score (nSPS) is 16.4. The number of hydrogen-bond donors (Lipinski definition) is 1. The van der Waals surface area contributed by atoms with E-state index in [0.717, 1.165) is 43.7 Å². The third kappa shape index (κ3) is 5.55. The molecule has 1 aliphatic carbocycles. The Morgan fingerprint density at radius 1 is 1.44 bits per heavy atom. The van der Waals surface area contributed by atoms with Crippen LogP contribution in [-0.2, 0) is 4.79 Å². The number of carbonyl (C=O) groups excluding carboxylic acids is 1. The van der Waals surface area contributed by atoms with E-state index < -0.39 is 0 Å². The second-order valence-corrected chi connectivity index (χ2v) is 7.52. The summed E-state index contributed by atoms with van der Waals surface area (Å²) in [5.41, 5.74) is 0.791. The molecule has 0 aromatic carbocycles. The monoisotopic (exact) mass is 344 g/mol. The molecule has 1 aromatic heterocycles. The summed E-state index contributed by atoms with van der Waals surface area (Å²) < 4.78 is 0. The lowest BCUT2D eigenvalue weighted by molar-refractivity contribution is -0.123. The predicted octanol–water partition coefficient (Wildman–Crippen LogP) is 3.96. The molecule has 0 saturated heterocycles. The highest BCUT2D eigenvalue weighted by molar-refractivity contribution is 5.81. The Hall–Kier alpha value is -1.91. The van der Waals surface area contributed by atoms with Gasteiger partial charge < -0.3 is 10.2 Å². The fraction of sp³-hybridized carbons (Fsp3) is 0.650. The lowest BCUT2D eigenvalue weighted by Crippen LogP contribution is -2.48. The average molecular weight is 345 g/mol. The molecule has 0 aliphatic heterocycles. The van der Waals surface area contributed by atoms with Gasteiger partial charge in [-0.25, -0.2) is 4.98 Å². The fourth-order valence-electron chi connectivity index (χ4n) is 3.08. The third-order valence-corrected chi connectivity index (χ3v) is 4.80. The number of amides is 1. The van der Waals surface area contributed by atoms with E-state index in [1.165, 1.54) is 0 Å². The second-order valence-electron chi connectivity index (χ2n) is 7.52. The molecule has 2 unspecified atom stereocenters. The van der Waals surface area contributed by atoms with Crippen molar-refractivity contribution in [1.82, 2.24) is 10.3 Å². The second kappa shape index (κ2) is 8.97. The van der Waals surface area contributed by atoms with Gasteiger partial charge in [-0.1, -0.05) is 20.8 Å². The Kier molecular flexibility index (Phi) is 6.97. The zero-order valence-electron chi connectivity index (χ0n) is 16.0. The van der Waals surface area contributed by atoms with Crippen molar-refractivity contribution in [3.8, 4) is 0 Å². The van der Waals surface area contributed by atoms with E-state index in [-0.39, 0.29) is 17.9 Å². The van der Waals surface area contributed by atoms with E-state index in [0.29, 0.717) is 12.0 Å². The standard InChI is InChI=1S/C20H32N4O/c1-6-15(4)24(19-18(21-5)8-7-11-22-19)13-17(12-14(2)3)23-20(25)16-9-10-16/h7-8,11,14-17H,5-6,9-10,12-13H2,1-4H3,(H,23,25). The van der Waals surface area contributed by atoms with Crippen LogP contribution in [-0.4, -0.2) is 36.2 Å². The van der Waals surface area contributed by atoms with Crippen LogP contribution in [0.25, 0.3) is 0 Å². The van der Waals surface area contributed by atoms with E-state index >= 15 is 0 Å². The summed E-state index contributed by atoms with van der Waals surface area (Å²) in [6, 6.07) is 4.23. The molecule has 0 spiro atoms. The maximum atomic E-state index is 12.3. The molecule has 25 heavy (non-hydrogen) atoms. The number of rotatable bonds is 10. The number of anilines is 1. The number of aromatic nitrogens is 1. The molecule has 1 amide bonds. The van der Waals surface area contributed by atoms with Crippen LogP contribution in [0.4, 0.5) is 11.5 Å².